The van der Waals surface area contributed by atoms with Crippen molar-refractivity contribution in [1.82, 2.24) is 47.9 Å². The molecule has 36 heteroatoms. The van der Waals surface area contributed by atoms with Gasteiger partial charge in [-0.25, -0.2) is 0 Å². The van der Waals surface area contributed by atoms with Crippen molar-refractivity contribution in [2.45, 2.75) is 240 Å². The number of phenolic OH excluding ortho intramolecular Hbond substituents is 3. The molecule has 15 bridgehead atoms. The molecule has 4 saturated carbocycles. The molecule has 7 heterocycles. The van der Waals surface area contributed by atoms with Crippen molar-refractivity contribution in [3.8, 4) is 57.1 Å². The van der Waals surface area contributed by atoms with Gasteiger partial charge in [0.25, 0.3) is 5.91 Å². The van der Waals surface area contributed by atoms with Crippen molar-refractivity contribution < 1.29 is 122 Å². The highest BCUT2D eigenvalue weighted by molar-refractivity contribution is 6.32. The molecule has 35 nitrogen and oxygen atoms in total. The molecule has 654 valence electrons. The van der Waals surface area contributed by atoms with Crippen LogP contribution in [0.15, 0.2) is 78.9 Å². The molecule has 20 N–H and O–H groups in total. The number of aliphatic hydroxyl groups excluding tert-OH is 6. The molecule has 19 atom stereocenters. The first-order chi connectivity index (χ1) is 57.5. The second-order valence-corrected chi connectivity index (χ2v) is 34.2. The van der Waals surface area contributed by atoms with Crippen LogP contribution in [0, 0.1) is 36.5 Å². The van der Waals surface area contributed by atoms with Gasteiger partial charge in [-0.1, -0.05) is 63.4 Å². The van der Waals surface area contributed by atoms with E-state index >= 15 is 28.8 Å². The van der Waals surface area contributed by atoms with Gasteiger partial charge in [-0.3, -0.25) is 48.5 Å². The number of nitrogens with two attached hydrogens (primary N) is 1. The summed E-state index contributed by atoms with van der Waals surface area (Å²) in [5.74, 6) is -13.9. The quantitative estimate of drug-likeness (QED) is 0.0497. The van der Waals surface area contributed by atoms with Crippen LogP contribution in [-0.2, 0) is 62.1 Å². The lowest BCUT2D eigenvalue weighted by Gasteiger charge is -2.54. The molecular formula is C85H107ClN10O25. The first kappa shape index (κ1) is 88.9. The van der Waals surface area contributed by atoms with Gasteiger partial charge in [0.05, 0.1) is 36.3 Å². The Bertz CT molecular complexity index is 4740. The van der Waals surface area contributed by atoms with Crippen molar-refractivity contribution in [3.05, 3.63) is 117 Å². The van der Waals surface area contributed by atoms with E-state index in [1.807, 2.05) is 20.8 Å². The summed E-state index contributed by atoms with van der Waals surface area (Å²) < 4.78 is 45.0. The summed E-state index contributed by atoms with van der Waals surface area (Å²) in [7, 11) is 1.50. The number of rotatable bonds is 20. The van der Waals surface area contributed by atoms with Crippen LogP contribution >= 0.6 is 11.6 Å². The molecule has 5 aromatic carbocycles. The number of hydrogen-bond donors (Lipinski definition) is 19. The third-order valence-electron chi connectivity index (χ3n) is 24.3. The summed E-state index contributed by atoms with van der Waals surface area (Å²) in [6.07, 6.45) is -13.2. The molecule has 0 spiro atoms. The smallest absolute Gasteiger partial charge is 0.255 e. The third-order valence-corrected chi connectivity index (χ3v) is 24.6. The number of aryl methyl sites for hydroxylation is 1. The highest BCUT2D eigenvalue weighted by atomic mass is 35.5. The topological polar surface area (TPSA) is 535 Å². The molecule has 16 rings (SSSR count). The molecule has 6 fully saturated rings. The Morgan fingerprint density at radius 2 is 1.33 bits per heavy atom. The van der Waals surface area contributed by atoms with E-state index in [0.717, 1.165) is 93.5 Å². The number of unbranched alkanes of at least 4 members (excludes halogenated alkanes) is 2. The lowest BCUT2D eigenvalue weighted by atomic mass is 9.54. The number of carbonyl (C=O) groups is 9. The van der Waals surface area contributed by atoms with E-state index in [-0.39, 0.29) is 98.7 Å². The van der Waals surface area contributed by atoms with Crippen LogP contribution in [0.5, 0.6) is 46.0 Å². The molecular weight excluding hydrogens is 1600 g/mol. The Hall–Kier alpha value is -9.86. The Morgan fingerprint density at radius 1 is 0.686 bits per heavy atom. The number of likely N-dealkylation sites (N-methyl/N-ethyl adjacent to an activating group) is 1. The van der Waals surface area contributed by atoms with Gasteiger partial charge < -0.3 is 127 Å². The maximum Gasteiger partial charge on any atom is 0.255 e. The Morgan fingerprint density at radius 3 is 1.98 bits per heavy atom. The summed E-state index contributed by atoms with van der Waals surface area (Å²) >= 11 is 7.29. The monoisotopic (exact) mass is 1700 g/mol. The number of nitrogens with one attached hydrogen (secondary N) is 9. The average molecular weight is 1700 g/mol. The first-order valence-corrected chi connectivity index (χ1v) is 41.4. The number of imide groups is 1. The van der Waals surface area contributed by atoms with Gasteiger partial charge in [0.2, 0.25) is 59.3 Å². The number of amides is 9. The van der Waals surface area contributed by atoms with Crippen molar-refractivity contribution >= 4 is 64.8 Å². The Kier molecular flexibility index (Phi) is 27.2. The Labute approximate surface area is 702 Å². The minimum atomic E-state index is -2.37. The van der Waals surface area contributed by atoms with Gasteiger partial charge in [0, 0.05) is 41.8 Å². The van der Waals surface area contributed by atoms with Crippen LogP contribution in [0.1, 0.15) is 176 Å². The number of carbonyl (C=O) groups excluding carboxylic acids is 9. The molecule has 0 aromatic heterocycles. The van der Waals surface area contributed by atoms with Crippen LogP contribution < -0.4 is 67.8 Å². The van der Waals surface area contributed by atoms with E-state index in [0.29, 0.717) is 18.3 Å². The van der Waals surface area contributed by atoms with E-state index in [1.54, 1.807) is 0 Å². The normalized spacial score (nSPS) is 31.3. The fourth-order valence-corrected chi connectivity index (χ4v) is 18.3. The van der Waals surface area contributed by atoms with Gasteiger partial charge in [-0.05, 0) is 197 Å². The first-order valence-electron chi connectivity index (χ1n) is 41.0. The molecule has 9 amide bonds. The van der Waals surface area contributed by atoms with Gasteiger partial charge in [0.15, 0.2) is 23.9 Å². The minimum Gasteiger partial charge on any atom is -0.508 e. The fourth-order valence-electron chi connectivity index (χ4n) is 18.1. The standard InChI is InChI=1S/C85H107ClN10O25/c1-9-10-11-18-115-38(6)76(107)90-60(101)32-52-78(109)92-65-46-28-57(117-55-16-13-42(20-36(55)4)69(102)67(82(113)89-52)95-77(108)51(88-8)19-35(2)3)73(121-84-74(72(105)71(104)59(34-97)119-84)120-61-33-85(7,87)75(106)37(5)116-61)58(29-46)118-56-17-14-43(27-50(56)86)70(103)68-83(114)94-66(81(112)91-63-44-22-39-21-40(24-44)25-45(63)23-39)49-30-47(98)31-54(100)62(49)48-26-41(12-15-53(48)99)64(79(110)96-68)93-80(65)111/h12-17,20,26-31,35,37-40,44-45,51-52,59,61,63-72,74-75,84,88,97-100,102-106H,9-11,18-19,21-25,32-34,87H2,1-8H3,(H,89,113)(H,91,112)(H,92,109)(H,93,111)(H,94,114)(H,95,108)(H,96,110)(H,90,101,107)/t37-,38?,39?,40?,44?,45?,51+,52-,59+,61-,63?,64+,65+,66-,67+,68-,69+,70+,71+,72-,74+,75+,84-,85-/m0/s1. The highest BCUT2D eigenvalue weighted by Gasteiger charge is 2.53. The maximum atomic E-state index is 16.6. The largest absolute Gasteiger partial charge is 0.508 e. The number of fused-ring (bicyclic) bond motifs is 15. The molecule has 1 unspecified atom stereocenters. The summed E-state index contributed by atoms with van der Waals surface area (Å²) in [6.45, 7) is 10.7. The molecule has 7 aliphatic heterocycles. The lowest BCUT2D eigenvalue weighted by Crippen LogP contribution is -2.64. The zero-order valence-corrected chi connectivity index (χ0v) is 68.8. The number of ether oxygens (including phenoxy) is 7. The summed E-state index contributed by atoms with van der Waals surface area (Å²) in [5.41, 5.74) is 3.35. The van der Waals surface area contributed by atoms with Gasteiger partial charge in [0.1, 0.15) is 102 Å². The van der Waals surface area contributed by atoms with Crippen LogP contribution in [0.3, 0.4) is 0 Å². The molecule has 11 aliphatic rings. The number of hydrogen-bond acceptors (Lipinski definition) is 27. The van der Waals surface area contributed by atoms with E-state index in [4.69, 9.17) is 50.5 Å². The third kappa shape index (κ3) is 19.3. The summed E-state index contributed by atoms with van der Waals surface area (Å²) in [5, 5.41) is 130. The molecule has 121 heavy (non-hydrogen) atoms. The van der Waals surface area contributed by atoms with Crippen LogP contribution in [-0.4, -0.2) is 210 Å². The number of aromatic hydroxyl groups is 3. The summed E-state index contributed by atoms with van der Waals surface area (Å²) in [4.78, 5) is 138. The second kappa shape index (κ2) is 37.1. The predicted molar refractivity (Wildman–Crippen MR) is 429 cm³/mol. The number of aliphatic hydroxyl groups is 6. The van der Waals surface area contributed by atoms with Crippen molar-refractivity contribution in [2.75, 3.05) is 20.3 Å². The molecule has 4 aliphatic carbocycles. The molecule has 2 saturated heterocycles. The average Bonchev–Trinajstić information content (AvgIpc) is 0.753. The van der Waals surface area contributed by atoms with Crippen LogP contribution in [0.25, 0.3) is 11.1 Å². The van der Waals surface area contributed by atoms with Crippen molar-refractivity contribution in [3.63, 3.8) is 0 Å². The van der Waals surface area contributed by atoms with Crippen LogP contribution in [0.2, 0.25) is 5.02 Å². The van der Waals surface area contributed by atoms with E-state index in [9.17, 15) is 60.3 Å². The van der Waals surface area contributed by atoms with Crippen LogP contribution in [0.4, 0.5) is 0 Å². The number of benzene rings is 5. The fraction of sp³-hybridized carbons (Fsp3) is 0.541. The summed E-state index contributed by atoms with van der Waals surface area (Å²) in [6, 6.07) is 0.798. The van der Waals surface area contributed by atoms with Crippen molar-refractivity contribution in [2.24, 2.45) is 35.3 Å². The zero-order valence-electron chi connectivity index (χ0n) is 68.1. The van der Waals surface area contributed by atoms with E-state index in [2.05, 4.69) is 47.9 Å². The van der Waals surface area contributed by atoms with Crippen molar-refractivity contribution in [1.29, 1.82) is 0 Å². The zero-order chi connectivity index (χ0) is 87.1. The SMILES string of the molecule is CCCCCOC(C)C(=O)NC(=O)C[C@@H]1NC(=O)[C@H](NC(=O)[C@@H](CC(C)C)NC)[C@H](O)c2ccc(c(C)c2)Oc2cc3cc(c2O[C@@H]2O[C@H](CO)[C@@H](O)[C@H](O)[C@H]2O[C@H]2C[C@](C)(N)[C@H](O)[C@H](C)O2)Oc2ccc(cc2Cl)[C@@H](O)[C@@H]2NC(=O)[C@H](NC(=O)[C@@H]3NC1=O)c1ccc(O)c(c1)-c1c(O)cc(O)cc1[C@@H](C(=O)NC1C3CC4CC(C3)CC1C4)NC2=O. The number of halogens is 1. The number of phenols is 3. The molecule has 5 aromatic rings. The minimum absolute atomic E-state index is 0.0525. The predicted octanol–water partition coefficient (Wildman–Crippen LogP) is 3.37. The van der Waals surface area contributed by atoms with Gasteiger partial charge in [-0.2, -0.15) is 0 Å². The maximum absolute atomic E-state index is 16.6. The van der Waals surface area contributed by atoms with E-state index in [1.165, 1.54) is 65.1 Å². The second-order valence-electron chi connectivity index (χ2n) is 33.8. The Balaban J connectivity index is 1.02. The highest BCUT2D eigenvalue weighted by Crippen LogP contribution is 2.55. The van der Waals surface area contributed by atoms with Gasteiger partial charge in [-0.15, -0.1) is 0 Å². The van der Waals surface area contributed by atoms with Gasteiger partial charge >= 0.3 is 0 Å². The lowest BCUT2D eigenvalue weighted by molar-refractivity contribution is -0.333. The van der Waals surface area contributed by atoms with E-state index < -0.39 is 222 Å². The molecule has 0 radical (unpaired) electrons.